The largest absolute Gasteiger partial charge is 0.434 e. The molecule has 6 nitrogen and oxygen atoms in total. The summed E-state index contributed by atoms with van der Waals surface area (Å²) >= 11 is 1.10. The van der Waals surface area contributed by atoms with Crippen molar-refractivity contribution < 1.29 is 27.2 Å². The molecule has 0 spiro atoms. The number of aromatic nitrogens is 2. The van der Waals surface area contributed by atoms with Crippen molar-refractivity contribution in [2.75, 3.05) is 5.32 Å². The molecule has 0 saturated heterocycles. The third-order valence-corrected chi connectivity index (χ3v) is 4.74. The fourth-order valence-corrected chi connectivity index (χ4v) is 3.37. The zero-order valence-corrected chi connectivity index (χ0v) is 15.8. The summed E-state index contributed by atoms with van der Waals surface area (Å²) in [6, 6.07) is 13.5. The molecule has 1 N–H and O–H groups in total. The van der Waals surface area contributed by atoms with Gasteiger partial charge >= 0.3 is 6.61 Å². The molecular formula is C20H12F3N3O3S. The lowest BCUT2D eigenvalue weighted by Gasteiger charge is -2.08. The van der Waals surface area contributed by atoms with E-state index in [0.29, 0.717) is 11.3 Å². The van der Waals surface area contributed by atoms with Crippen LogP contribution in [-0.4, -0.2) is 22.7 Å². The summed E-state index contributed by atoms with van der Waals surface area (Å²) in [6.45, 7) is -2.97. The number of carbonyl (C=O) groups excluding carboxylic acids is 1. The molecule has 2 heterocycles. The first-order valence-corrected chi connectivity index (χ1v) is 9.42. The minimum atomic E-state index is -2.97. The van der Waals surface area contributed by atoms with Crippen LogP contribution in [0.25, 0.3) is 22.6 Å². The van der Waals surface area contributed by atoms with Crippen molar-refractivity contribution in [1.82, 2.24) is 10.1 Å². The average Bonchev–Trinajstić information content (AvgIpc) is 3.38. The molecule has 10 heteroatoms. The van der Waals surface area contributed by atoms with Gasteiger partial charge in [0.05, 0.1) is 11.3 Å². The van der Waals surface area contributed by atoms with Gasteiger partial charge in [0.2, 0.25) is 0 Å². The zero-order valence-electron chi connectivity index (χ0n) is 15.0. The summed E-state index contributed by atoms with van der Waals surface area (Å²) in [5.74, 6) is -1.04. The van der Waals surface area contributed by atoms with Gasteiger partial charge in [0.25, 0.3) is 5.91 Å². The Morgan fingerprint density at radius 2 is 1.83 bits per heavy atom. The van der Waals surface area contributed by atoms with Crippen LogP contribution in [0.2, 0.25) is 0 Å². The van der Waals surface area contributed by atoms with E-state index in [0.717, 1.165) is 11.3 Å². The Kier molecular flexibility index (Phi) is 5.48. The van der Waals surface area contributed by atoms with Crippen molar-refractivity contribution in [2.45, 2.75) is 6.61 Å². The van der Waals surface area contributed by atoms with Crippen LogP contribution >= 0.6 is 11.3 Å². The number of hydrogen-bond acceptors (Lipinski definition) is 6. The van der Waals surface area contributed by atoms with Crippen molar-refractivity contribution >= 4 is 22.4 Å². The Balaban J connectivity index is 1.51. The van der Waals surface area contributed by atoms with Gasteiger partial charge in [-0.25, -0.2) is 9.37 Å². The highest BCUT2D eigenvalue weighted by atomic mass is 32.1. The van der Waals surface area contributed by atoms with Gasteiger partial charge in [-0.3, -0.25) is 10.1 Å². The number of alkyl halides is 2. The molecule has 0 aliphatic rings. The Morgan fingerprint density at radius 1 is 1.10 bits per heavy atom. The normalized spacial score (nSPS) is 10.9. The number of rotatable bonds is 6. The van der Waals surface area contributed by atoms with Crippen molar-refractivity contribution in [3.05, 3.63) is 71.5 Å². The van der Waals surface area contributed by atoms with Gasteiger partial charge in [0.15, 0.2) is 16.6 Å². The van der Waals surface area contributed by atoms with E-state index < -0.39 is 18.3 Å². The number of nitrogens with zero attached hydrogens (tertiary/aromatic N) is 2. The van der Waals surface area contributed by atoms with Crippen molar-refractivity contribution in [1.29, 1.82) is 0 Å². The number of ether oxygens (including phenoxy) is 1. The van der Waals surface area contributed by atoms with E-state index in [4.69, 9.17) is 4.52 Å². The van der Waals surface area contributed by atoms with Gasteiger partial charge in [0.1, 0.15) is 11.6 Å². The number of hydrogen-bond donors (Lipinski definition) is 1. The molecule has 30 heavy (non-hydrogen) atoms. The van der Waals surface area contributed by atoms with Crippen LogP contribution in [0.3, 0.4) is 0 Å². The molecule has 0 aliphatic carbocycles. The molecule has 0 aliphatic heterocycles. The summed E-state index contributed by atoms with van der Waals surface area (Å²) in [6.07, 6.45) is 0. The molecule has 0 unspecified atom stereocenters. The smallest absolute Gasteiger partial charge is 0.387 e. The van der Waals surface area contributed by atoms with Gasteiger partial charge in [-0.1, -0.05) is 29.4 Å². The lowest BCUT2D eigenvalue weighted by molar-refractivity contribution is -0.0494. The highest BCUT2D eigenvalue weighted by Crippen LogP contribution is 2.33. The molecule has 0 radical (unpaired) electrons. The van der Waals surface area contributed by atoms with E-state index in [2.05, 4.69) is 20.2 Å². The molecule has 0 atom stereocenters. The predicted octanol–water partition coefficient (Wildman–Crippen LogP) is 5.46. The molecular weight excluding hydrogens is 419 g/mol. The SMILES string of the molecule is O=C(Nc1nc(-c2ccccc2OC(F)F)cs1)c1cc(-c2ccccc2F)on1. The molecule has 2 aromatic carbocycles. The molecule has 0 fully saturated rings. The Hall–Kier alpha value is -3.66. The zero-order chi connectivity index (χ0) is 21.1. The maximum atomic E-state index is 13.9. The number of benzene rings is 2. The molecule has 0 bridgehead atoms. The highest BCUT2D eigenvalue weighted by Gasteiger charge is 2.18. The Labute approximate surface area is 171 Å². The van der Waals surface area contributed by atoms with E-state index in [1.54, 1.807) is 29.6 Å². The molecule has 4 rings (SSSR count). The number of thiazole rings is 1. The van der Waals surface area contributed by atoms with E-state index in [-0.39, 0.29) is 27.9 Å². The van der Waals surface area contributed by atoms with Crippen LogP contribution in [-0.2, 0) is 0 Å². The van der Waals surface area contributed by atoms with E-state index in [1.807, 2.05) is 0 Å². The number of para-hydroxylation sites is 1. The molecule has 4 aromatic rings. The van der Waals surface area contributed by atoms with Gasteiger partial charge in [-0.2, -0.15) is 8.78 Å². The first-order chi connectivity index (χ1) is 14.5. The van der Waals surface area contributed by atoms with Crippen LogP contribution in [0.15, 0.2) is 64.5 Å². The second kappa shape index (κ2) is 8.37. The third kappa shape index (κ3) is 4.18. The highest BCUT2D eigenvalue weighted by molar-refractivity contribution is 7.14. The number of carbonyl (C=O) groups is 1. The Morgan fingerprint density at radius 3 is 2.60 bits per heavy atom. The average molecular weight is 431 g/mol. The maximum Gasteiger partial charge on any atom is 0.387 e. The first kappa shape index (κ1) is 19.6. The van der Waals surface area contributed by atoms with E-state index >= 15 is 0 Å². The third-order valence-electron chi connectivity index (χ3n) is 3.99. The van der Waals surface area contributed by atoms with Gasteiger partial charge in [-0.05, 0) is 24.3 Å². The van der Waals surface area contributed by atoms with Crippen LogP contribution in [0.5, 0.6) is 5.75 Å². The second-order valence-corrected chi connectivity index (χ2v) is 6.78. The summed E-state index contributed by atoms with van der Waals surface area (Å²) in [4.78, 5) is 16.7. The van der Waals surface area contributed by atoms with E-state index in [1.165, 1.54) is 30.3 Å². The molecule has 1 amide bonds. The van der Waals surface area contributed by atoms with Crippen molar-refractivity contribution in [2.24, 2.45) is 0 Å². The van der Waals surface area contributed by atoms with E-state index in [9.17, 15) is 18.0 Å². The lowest BCUT2D eigenvalue weighted by Crippen LogP contribution is -2.11. The second-order valence-electron chi connectivity index (χ2n) is 5.92. The predicted molar refractivity (Wildman–Crippen MR) is 104 cm³/mol. The number of anilines is 1. The molecule has 0 saturated carbocycles. The van der Waals surface area contributed by atoms with Gasteiger partial charge in [-0.15, -0.1) is 11.3 Å². The number of amides is 1. The summed E-state index contributed by atoms with van der Waals surface area (Å²) in [5, 5.41) is 8.03. The van der Waals surface area contributed by atoms with Crippen LogP contribution < -0.4 is 10.1 Å². The van der Waals surface area contributed by atoms with Crippen molar-refractivity contribution in [3.63, 3.8) is 0 Å². The fourth-order valence-electron chi connectivity index (χ4n) is 2.66. The summed E-state index contributed by atoms with van der Waals surface area (Å²) < 4.78 is 48.6. The quantitative estimate of drug-likeness (QED) is 0.439. The number of halogens is 3. The van der Waals surface area contributed by atoms with Crippen LogP contribution in [0, 0.1) is 5.82 Å². The summed E-state index contributed by atoms with van der Waals surface area (Å²) in [7, 11) is 0. The van der Waals surface area contributed by atoms with Crippen LogP contribution in [0.1, 0.15) is 10.5 Å². The van der Waals surface area contributed by atoms with Crippen molar-refractivity contribution in [3.8, 4) is 28.3 Å². The minimum Gasteiger partial charge on any atom is -0.434 e. The Bertz CT molecular complexity index is 1190. The van der Waals surface area contributed by atoms with Gasteiger partial charge < -0.3 is 9.26 Å². The monoisotopic (exact) mass is 431 g/mol. The molecule has 2 aromatic heterocycles. The topological polar surface area (TPSA) is 77.2 Å². The number of nitrogens with one attached hydrogen (secondary N) is 1. The van der Waals surface area contributed by atoms with Crippen LogP contribution in [0.4, 0.5) is 18.3 Å². The first-order valence-electron chi connectivity index (χ1n) is 8.54. The fraction of sp³-hybridized carbons (Fsp3) is 0.0500. The maximum absolute atomic E-state index is 13.9. The minimum absolute atomic E-state index is 0.0262. The summed E-state index contributed by atoms with van der Waals surface area (Å²) in [5.41, 5.74) is 0.833. The lowest BCUT2D eigenvalue weighted by atomic mass is 10.1. The van der Waals surface area contributed by atoms with Gasteiger partial charge in [0, 0.05) is 17.0 Å². The standard InChI is InChI=1S/C20H12F3N3O3S/c21-13-7-3-1-5-11(13)17-9-14(26-29-17)18(27)25-20-24-15(10-30-20)12-6-2-4-8-16(12)28-19(22)23/h1-10,19H,(H,24,25,27). The molecule has 152 valence electrons.